The molecule has 0 saturated carbocycles. The molecule has 3 rings (SSSR count). The van der Waals surface area contributed by atoms with Gasteiger partial charge in [0.25, 0.3) is 0 Å². The lowest BCUT2D eigenvalue weighted by molar-refractivity contribution is 0.415. The predicted octanol–water partition coefficient (Wildman–Crippen LogP) is 4.32. The number of nitrogens with two attached hydrogens (primary N) is 1. The van der Waals surface area contributed by atoms with Gasteiger partial charge in [0, 0.05) is 24.8 Å². The molecular formula is C16H18Cl2N4O. The molecule has 23 heavy (non-hydrogen) atoms. The number of methoxy groups -OCH3 is 1. The Labute approximate surface area is 145 Å². The minimum absolute atomic E-state index is 0.320. The zero-order valence-corrected chi connectivity index (χ0v) is 14.3. The van der Waals surface area contributed by atoms with Crippen molar-refractivity contribution in [3.05, 3.63) is 34.3 Å². The van der Waals surface area contributed by atoms with E-state index in [1.54, 1.807) is 7.11 Å². The highest BCUT2D eigenvalue weighted by molar-refractivity contribution is 6.41. The van der Waals surface area contributed by atoms with E-state index in [1.165, 1.54) is 0 Å². The molecule has 1 saturated heterocycles. The Hall–Kier alpha value is -1.85. The van der Waals surface area contributed by atoms with Crippen molar-refractivity contribution < 1.29 is 4.74 Å². The summed E-state index contributed by atoms with van der Waals surface area (Å²) in [5.41, 5.74) is 7.22. The topological polar surface area (TPSA) is 63.4 Å². The molecule has 1 fully saturated rings. The Bertz CT molecular complexity index is 717. The molecule has 0 unspecified atom stereocenters. The van der Waals surface area contributed by atoms with Crippen LogP contribution in [0.5, 0.6) is 5.75 Å². The second kappa shape index (κ2) is 6.72. The van der Waals surface area contributed by atoms with E-state index in [4.69, 9.17) is 33.7 Å². The quantitative estimate of drug-likeness (QED) is 0.857. The van der Waals surface area contributed by atoms with Gasteiger partial charge in [0.15, 0.2) is 11.6 Å². The number of nitrogens with zero attached hydrogens (tertiary/aromatic N) is 2. The van der Waals surface area contributed by atoms with Gasteiger partial charge in [-0.15, -0.1) is 0 Å². The fourth-order valence-electron chi connectivity index (χ4n) is 2.61. The zero-order chi connectivity index (χ0) is 16.4. The number of nitrogen functional groups attached to an aromatic ring is 1. The van der Waals surface area contributed by atoms with Crippen LogP contribution in [-0.2, 0) is 0 Å². The van der Waals surface area contributed by atoms with Crippen molar-refractivity contribution in [2.45, 2.75) is 12.8 Å². The van der Waals surface area contributed by atoms with Gasteiger partial charge in [-0.2, -0.15) is 0 Å². The van der Waals surface area contributed by atoms with Gasteiger partial charge in [-0.05, 0) is 25.0 Å². The zero-order valence-electron chi connectivity index (χ0n) is 12.8. The van der Waals surface area contributed by atoms with Gasteiger partial charge in [-0.25, -0.2) is 4.98 Å². The van der Waals surface area contributed by atoms with E-state index >= 15 is 0 Å². The molecule has 3 N–H and O–H groups in total. The van der Waals surface area contributed by atoms with Crippen molar-refractivity contribution >= 4 is 46.2 Å². The second-order valence-electron chi connectivity index (χ2n) is 5.38. The highest BCUT2D eigenvalue weighted by Gasteiger charge is 2.22. The largest absolute Gasteiger partial charge is 0.497 e. The summed E-state index contributed by atoms with van der Waals surface area (Å²) in [5, 5.41) is 3.92. The van der Waals surface area contributed by atoms with Crippen molar-refractivity contribution in [1.82, 2.24) is 4.98 Å². The van der Waals surface area contributed by atoms with Crippen LogP contribution < -0.4 is 20.7 Å². The molecule has 0 bridgehead atoms. The van der Waals surface area contributed by atoms with Gasteiger partial charge in [-0.1, -0.05) is 29.3 Å². The molecule has 0 amide bonds. The molecule has 0 radical (unpaired) electrons. The van der Waals surface area contributed by atoms with Crippen molar-refractivity contribution in [3.8, 4) is 5.75 Å². The maximum absolute atomic E-state index is 6.34. The van der Waals surface area contributed by atoms with Gasteiger partial charge in [0.1, 0.15) is 15.8 Å². The summed E-state index contributed by atoms with van der Waals surface area (Å²) in [7, 11) is 1.62. The maximum atomic E-state index is 6.34. The molecule has 0 atom stereocenters. The van der Waals surface area contributed by atoms with Gasteiger partial charge in [-0.3, -0.25) is 0 Å². The van der Waals surface area contributed by atoms with Crippen molar-refractivity contribution in [2.75, 3.05) is 36.1 Å². The molecule has 122 valence electrons. The summed E-state index contributed by atoms with van der Waals surface area (Å²) < 4.78 is 5.22. The Kier molecular flexibility index (Phi) is 4.68. The number of hydrogen-bond donors (Lipinski definition) is 2. The number of halogens is 2. The fraction of sp³-hybridized carbons (Fsp3) is 0.312. The van der Waals surface area contributed by atoms with Crippen LogP contribution in [0.1, 0.15) is 12.8 Å². The summed E-state index contributed by atoms with van der Waals surface area (Å²) in [5.74, 6) is 1.91. The third kappa shape index (κ3) is 3.26. The highest BCUT2D eigenvalue weighted by atomic mass is 35.5. The van der Waals surface area contributed by atoms with Crippen LogP contribution >= 0.6 is 23.2 Å². The Morgan fingerprint density at radius 2 is 1.96 bits per heavy atom. The van der Waals surface area contributed by atoms with E-state index in [0.29, 0.717) is 27.4 Å². The fourth-order valence-corrected chi connectivity index (χ4v) is 3.10. The van der Waals surface area contributed by atoms with Crippen molar-refractivity contribution in [3.63, 3.8) is 0 Å². The number of pyridine rings is 1. The summed E-state index contributed by atoms with van der Waals surface area (Å²) in [6, 6.07) is 7.51. The smallest absolute Gasteiger partial charge is 0.153 e. The first-order valence-electron chi connectivity index (χ1n) is 7.40. The number of ether oxygens (including phenoxy) is 1. The van der Waals surface area contributed by atoms with Crippen LogP contribution in [-0.4, -0.2) is 25.2 Å². The number of benzene rings is 1. The molecule has 1 aromatic heterocycles. The summed E-state index contributed by atoms with van der Waals surface area (Å²) >= 11 is 12.7. The molecule has 0 spiro atoms. The lowest BCUT2D eigenvalue weighted by atomic mass is 10.3. The predicted molar refractivity (Wildman–Crippen MR) is 96.4 cm³/mol. The Balaban J connectivity index is 1.97. The molecule has 1 aromatic carbocycles. The third-order valence-electron chi connectivity index (χ3n) is 3.83. The van der Waals surface area contributed by atoms with Crippen LogP contribution in [0, 0.1) is 0 Å². The van der Waals surface area contributed by atoms with Crippen LogP contribution in [0.25, 0.3) is 0 Å². The standard InChI is InChI=1S/C16H18Cl2N4O/c1-23-11-6-4-5-10(9-11)20-15-12(17)14(19)13(18)16(21-15)22-7-2-3-8-22/h4-6,9H,2-3,7-8H2,1H3,(H3,19,20,21). The Morgan fingerprint density at radius 3 is 2.65 bits per heavy atom. The van der Waals surface area contributed by atoms with Crippen LogP contribution in [0.2, 0.25) is 10.0 Å². The van der Waals surface area contributed by atoms with E-state index in [1.807, 2.05) is 24.3 Å². The molecule has 2 aromatic rings. The van der Waals surface area contributed by atoms with Gasteiger partial charge >= 0.3 is 0 Å². The van der Waals surface area contributed by atoms with E-state index in [0.717, 1.165) is 37.4 Å². The first-order valence-corrected chi connectivity index (χ1v) is 8.16. The number of nitrogens with one attached hydrogen (secondary N) is 1. The SMILES string of the molecule is COc1cccc(Nc2nc(N3CCCC3)c(Cl)c(N)c2Cl)c1. The molecule has 0 aliphatic carbocycles. The van der Waals surface area contributed by atoms with Crippen LogP contribution in [0.15, 0.2) is 24.3 Å². The first-order chi connectivity index (χ1) is 11.1. The normalized spacial score (nSPS) is 14.1. The number of rotatable bonds is 4. The lowest BCUT2D eigenvalue weighted by Crippen LogP contribution is -2.20. The van der Waals surface area contributed by atoms with Crippen LogP contribution in [0.4, 0.5) is 23.0 Å². The molecule has 7 heteroatoms. The summed E-state index contributed by atoms with van der Waals surface area (Å²) in [4.78, 5) is 6.73. The highest BCUT2D eigenvalue weighted by Crippen LogP contribution is 2.40. The Morgan fingerprint density at radius 1 is 1.22 bits per heavy atom. The average molecular weight is 353 g/mol. The number of anilines is 4. The monoisotopic (exact) mass is 352 g/mol. The van der Waals surface area contributed by atoms with Crippen LogP contribution in [0.3, 0.4) is 0 Å². The van der Waals surface area contributed by atoms with E-state index in [2.05, 4.69) is 15.2 Å². The minimum Gasteiger partial charge on any atom is -0.497 e. The summed E-state index contributed by atoms with van der Waals surface area (Å²) in [6.45, 7) is 1.85. The molecular weight excluding hydrogens is 335 g/mol. The van der Waals surface area contributed by atoms with Gasteiger partial charge < -0.3 is 20.7 Å². The summed E-state index contributed by atoms with van der Waals surface area (Å²) in [6.07, 6.45) is 2.25. The van der Waals surface area contributed by atoms with E-state index < -0.39 is 0 Å². The maximum Gasteiger partial charge on any atom is 0.153 e. The van der Waals surface area contributed by atoms with E-state index in [-0.39, 0.29) is 0 Å². The molecule has 2 heterocycles. The second-order valence-corrected chi connectivity index (χ2v) is 6.13. The molecule has 1 aliphatic heterocycles. The number of aromatic nitrogens is 1. The molecule has 5 nitrogen and oxygen atoms in total. The van der Waals surface area contributed by atoms with Gasteiger partial charge in [0.2, 0.25) is 0 Å². The van der Waals surface area contributed by atoms with Crippen molar-refractivity contribution in [2.24, 2.45) is 0 Å². The average Bonchev–Trinajstić information content (AvgIpc) is 3.10. The minimum atomic E-state index is 0.320. The molecule has 1 aliphatic rings. The third-order valence-corrected chi connectivity index (χ3v) is 4.59. The number of hydrogen-bond acceptors (Lipinski definition) is 5. The first kappa shape index (κ1) is 16.0. The lowest BCUT2D eigenvalue weighted by Gasteiger charge is -2.21. The van der Waals surface area contributed by atoms with Gasteiger partial charge in [0.05, 0.1) is 12.8 Å². The van der Waals surface area contributed by atoms with Crippen molar-refractivity contribution in [1.29, 1.82) is 0 Å². The van der Waals surface area contributed by atoms with E-state index in [9.17, 15) is 0 Å².